The zero-order valence-electron chi connectivity index (χ0n) is 6.55. The average molecular weight is 220 g/mol. The van der Waals surface area contributed by atoms with E-state index >= 15 is 0 Å². The second-order valence-corrected chi connectivity index (χ2v) is 3.65. The second kappa shape index (κ2) is 2.91. The second-order valence-electron chi connectivity index (χ2n) is 2.80. The molecule has 0 N–H and O–H groups in total. The number of rotatable bonds is 0. The molecule has 2 rings (SSSR count). The van der Waals surface area contributed by atoms with E-state index in [1.807, 2.05) is 18.2 Å². The maximum atomic E-state index is 3.90. The Kier molecular flexibility index (Phi) is 1.89. The molecular formula is C11H8Br. The van der Waals surface area contributed by atoms with Crippen molar-refractivity contribution < 1.29 is 0 Å². The summed E-state index contributed by atoms with van der Waals surface area (Å²) in [5.41, 5.74) is 1.04. The Hall–Kier alpha value is -0.820. The highest BCUT2D eigenvalue weighted by atomic mass is 79.9. The summed E-state index contributed by atoms with van der Waals surface area (Å²) in [7, 11) is 0. The third-order valence-electron chi connectivity index (χ3n) is 1.87. The van der Waals surface area contributed by atoms with Gasteiger partial charge in [-0.2, -0.15) is 0 Å². The highest BCUT2D eigenvalue weighted by molar-refractivity contribution is 9.10. The van der Waals surface area contributed by atoms with E-state index < -0.39 is 0 Å². The largest absolute Gasteiger partial charge is 0.0616 e. The van der Waals surface area contributed by atoms with Crippen molar-refractivity contribution in [2.24, 2.45) is 0 Å². The highest BCUT2D eigenvalue weighted by Gasteiger charge is 1.97. The van der Waals surface area contributed by atoms with Crippen LogP contribution in [0.2, 0.25) is 0 Å². The first-order chi connectivity index (χ1) is 5.77. The molecule has 0 aromatic heterocycles. The molecule has 59 valence electrons. The monoisotopic (exact) mass is 219 g/mol. The molecule has 0 aliphatic heterocycles. The summed E-state index contributed by atoms with van der Waals surface area (Å²) >= 11 is 3.51. The van der Waals surface area contributed by atoms with Crippen molar-refractivity contribution in [3.8, 4) is 0 Å². The van der Waals surface area contributed by atoms with Crippen molar-refractivity contribution in [1.29, 1.82) is 0 Å². The Bertz CT molecular complexity index is 418. The Morgan fingerprint density at radius 1 is 1.08 bits per heavy atom. The predicted molar refractivity (Wildman–Crippen MR) is 56.1 cm³/mol. The van der Waals surface area contributed by atoms with Crippen molar-refractivity contribution >= 4 is 26.7 Å². The fourth-order valence-electron chi connectivity index (χ4n) is 1.32. The Morgan fingerprint density at radius 2 is 1.83 bits per heavy atom. The van der Waals surface area contributed by atoms with Crippen LogP contribution in [0.15, 0.2) is 40.9 Å². The number of hydrogen-bond acceptors (Lipinski definition) is 0. The number of benzene rings is 2. The van der Waals surface area contributed by atoms with Crippen LogP contribution in [0.4, 0.5) is 0 Å². The van der Waals surface area contributed by atoms with Gasteiger partial charge in [0.05, 0.1) is 0 Å². The Morgan fingerprint density at radius 3 is 2.67 bits per heavy atom. The molecule has 0 bridgehead atoms. The molecule has 2 aromatic carbocycles. The minimum absolute atomic E-state index is 1.04. The van der Waals surface area contributed by atoms with E-state index in [2.05, 4.69) is 41.1 Å². The SMILES string of the molecule is [CH2]c1cc(Br)c2ccccc2c1. The van der Waals surface area contributed by atoms with Gasteiger partial charge in [-0.05, 0) is 29.3 Å². The van der Waals surface area contributed by atoms with Gasteiger partial charge in [0, 0.05) is 4.47 Å². The van der Waals surface area contributed by atoms with Crippen LogP contribution in [-0.4, -0.2) is 0 Å². The van der Waals surface area contributed by atoms with Gasteiger partial charge < -0.3 is 0 Å². The van der Waals surface area contributed by atoms with Crippen molar-refractivity contribution in [3.05, 3.63) is 53.4 Å². The number of halogens is 1. The molecule has 0 aliphatic carbocycles. The molecule has 0 nitrogen and oxygen atoms in total. The van der Waals surface area contributed by atoms with Gasteiger partial charge >= 0.3 is 0 Å². The highest BCUT2D eigenvalue weighted by Crippen LogP contribution is 2.24. The Labute approximate surface area is 80.3 Å². The lowest BCUT2D eigenvalue weighted by Crippen LogP contribution is -1.76. The van der Waals surface area contributed by atoms with Gasteiger partial charge in [-0.3, -0.25) is 0 Å². The van der Waals surface area contributed by atoms with Gasteiger partial charge in [-0.25, -0.2) is 0 Å². The first kappa shape index (κ1) is 7.81. The third kappa shape index (κ3) is 1.25. The molecule has 0 saturated carbocycles. The molecule has 0 fully saturated rings. The molecule has 1 radical (unpaired) electrons. The van der Waals surface area contributed by atoms with Crippen LogP contribution in [0, 0.1) is 6.92 Å². The van der Waals surface area contributed by atoms with Crippen LogP contribution in [0.5, 0.6) is 0 Å². The molecule has 1 heteroatoms. The van der Waals surface area contributed by atoms with E-state index in [1.54, 1.807) is 0 Å². The van der Waals surface area contributed by atoms with E-state index in [1.165, 1.54) is 10.8 Å². The molecule has 0 atom stereocenters. The van der Waals surface area contributed by atoms with Crippen molar-refractivity contribution in [2.75, 3.05) is 0 Å². The van der Waals surface area contributed by atoms with Gasteiger partial charge in [-0.1, -0.05) is 46.3 Å². The first-order valence-electron chi connectivity index (χ1n) is 3.77. The lowest BCUT2D eigenvalue weighted by molar-refractivity contribution is 1.63. The van der Waals surface area contributed by atoms with Gasteiger partial charge in [0.25, 0.3) is 0 Å². The zero-order valence-corrected chi connectivity index (χ0v) is 8.14. The third-order valence-corrected chi connectivity index (χ3v) is 2.53. The van der Waals surface area contributed by atoms with E-state index in [9.17, 15) is 0 Å². The van der Waals surface area contributed by atoms with Crippen LogP contribution in [0.3, 0.4) is 0 Å². The van der Waals surface area contributed by atoms with Crippen LogP contribution < -0.4 is 0 Å². The Balaban J connectivity index is 2.89. The summed E-state index contributed by atoms with van der Waals surface area (Å²) in [4.78, 5) is 0. The lowest BCUT2D eigenvalue weighted by atomic mass is 10.1. The lowest BCUT2D eigenvalue weighted by Gasteiger charge is -2.01. The summed E-state index contributed by atoms with van der Waals surface area (Å²) in [5, 5.41) is 2.47. The number of fused-ring (bicyclic) bond motifs is 1. The molecule has 0 saturated heterocycles. The molecular weight excluding hydrogens is 212 g/mol. The van der Waals surface area contributed by atoms with E-state index in [4.69, 9.17) is 0 Å². The molecule has 0 aliphatic rings. The quantitative estimate of drug-likeness (QED) is 0.633. The standard InChI is InChI=1S/C11H8Br/c1-8-6-9-4-2-3-5-10(9)11(12)7-8/h2-7H,1H2. The minimum Gasteiger partial charge on any atom is -0.0616 e. The minimum atomic E-state index is 1.04. The van der Waals surface area contributed by atoms with E-state index in [0.29, 0.717) is 0 Å². The zero-order chi connectivity index (χ0) is 8.55. The van der Waals surface area contributed by atoms with E-state index in [0.717, 1.165) is 10.0 Å². The summed E-state index contributed by atoms with van der Waals surface area (Å²) in [6, 6.07) is 12.4. The summed E-state index contributed by atoms with van der Waals surface area (Å²) < 4.78 is 1.12. The van der Waals surface area contributed by atoms with E-state index in [-0.39, 0.29) is 0 Å². The van der Waals surface area contributed by atoms with Crippen LogP contribution in [0.25, 0.3) is 10.8 Å². The van der Waals surface area contributed by atoms with Gasteiger partial charge in [0.15, 0.2) is 0 Å². The molecule has 0 amide bonds. The van der Waals surface area contributed by atoms with Crippen molar-refractivity contribution in [2.45, 2.75) is 0 Å². The normalized spacial score (nSPS) is 10.5. The van der Waals surface area contributed by atoms with Gasteiger partial charge in [-0.15, -0.1) is 0 Å². The summed E-state index contributed by atoms with van der Waals surface area (Å²) in [6.45, 7) is 3.90. The van der Waals surface area contributed by atoms with Crippen LogP contribution in [-0.2, 0) is 0 Å². The topological polar surface area (TPSA) is 0 Å². The maximum Gasteiger partial charge on any atom is 0.0256 e. The predicted octanol–water partition coefficient (Wildman–Crippen LogP) is 3.78. The molecule has 2 aromatic rings. The number of hydrogen-bond donors (Lipinski definition) is 0. The van der Waals surface area contributed by atoms with Crippen molar-refractivity contribution in [1.82, 2.24) is 0 Å². The molecule has 0 spiro atoms. The van der Waals surface area contributed by atoms with Gasteiger partial charge in [0.1, 0.15) is 0 Å². The molecule has 0 heterocycles. The first-order valence-corrected chi connectivity index (χ1v) is 4.57. The average Bonchev–Trinajstić information content (AvgIpc) is 2.04. The maximum absolute atomic E-state index is 3.90. The summed E-state index contributed by atoms with van der Waals surface area (Å²) in [6.07, 6.45) is 0. The smallest absolute Gasteiger partial charge is 0.0256 e. The fourth-order valence-corrected chi connectivity index (χ4v) is 1.98. The fraction of sp³-hybridized carbons (Fsp3) is 0. The summed E-state index contributed by atoms with van der Waals surface area (Å²) in [5.74, 6) is 0. The molecule has 0 unspecified atom stereocenters. The van der Waals surface area contributed by atoms with Crippen molar-refractivity contribution in [3.63, 3.8) is 0 Å². The van der Waals surface area contributed by atoms with Gasteiger partial charge in [0.2, 0.25) is 0 Å². The van der Waals surface area contributed by atoms with Crippen LogP contribution in [0.1, 0.15) is 5.56 Å². The van der Waals surface area contributed by atoms with Crippen LogP contribution >= 0.6 is 15.9 Å². The molecule has 12 heavy (non-hydrogen) atoms.